The predicted molar refractivity (Wildman–Crippen MR) is 163 cm³/mol. The molecule has 9 aromatic rings. The van der Waals surface area contributed by atoms with E-state index in [1.807, 2.05) is 0 Å². The van der Waals surface area contributed by atoms with Crippen molar-refractivity contribution in [2.75, 3.05) is 0 Å². The first-order valence-corrected chi connectivity index (χ1v) is 13.5. The van der Waals surface area contributed by atoms with E-state index >= 15 is 0 Å². The van der Waals surface area contributed by atoms with Crippen molar-refractivity contribution in [3.05, 3.63) is 109 Å². The topological polar surface area (TPSA) is 0 Å². The molecule has 0 saturated heterocycles. The Balaban J connectivity index is 1.32. The van der Waals surface area contributed by atoms with Crippen molar-refractivity contribution in [1.29, 1.82) is 0 Å². The molecule has 0 heteroatoms. The molecule has 11 rings (SSSR count). The molecule has 38 heavy (non-hydrogen) atoms. The van der Waals surface area contributed by atoms with Gasteiger partial charge in [0.05, 0.1) is 0 Å². The molecule has 0 N–H and O–H groups in total. The molecule has 0 unspecified atom stereocenters. The standard InChI is InChI=1S/C38H18/c1-2-6-20-19(5-1)23-9-13-27-31-17-33-29-15-11-25-21-7-3-4-8-22(21)26-12-16-30(38(29)36(25)26)34(33)18-32(31)28-14-10-24(20)35(23)37(27)28/h1-18H. The highest BCUT2D eigenvalue weighted by Gasteiger charge is 2.27. The van der Waals surface area contributed by atoms with Crippen LogP contribution in [-0.2, 0) is 0 Å². The van der Waals surface area contributed by atoms with E-state index in [2.05, 4.69) is 109 Å². The molecular weight excluding hydrogens is 456 g/mol. The largest absolute Gasteiger partial charge is 0.0616 e. The molecule has 0 bridgehead atoms. The Morgan fingerprint density at radius 2 is 0.500 bits per heavy atom. The fraction of sp³-hybridized carbons (Fsp3) is 0. The molecule has 2 aliphatic rings. The second-order valence-corrected chi connectivity index (χ2v) is 11.2. The summed E-state index contributed by atoms with van der Waals surface area (Å²) in [7, 11) is 0. The van der Waals surface area contributed by atoms with Crippen molar-refractivity contribution in [2.24, 2.45) is 0 Å². The van der Waals surface area contributed by atoms with Gasteiger partial charge in [-0.05, 0) is 121 Å². The van der Waals surface area contributed by atoms with E-state index in [1.54, 1.807) is 0 Å². The average molecular weight is 475 g/mol. The lowest BCUT2D eigenvalue weighted by molar-refractivity contribution is 1.70. The van der Waals surface area contributed by atoms with Gasteiger partial charge in [-0.1, -0.05) is 97.1 Å². The highest BCUT2D eigenvalue weighted by molar-refractivity contribution is 6.41. The Morgan fingerprint density at radius 1 is 0.211 bits per heavy atom. The Labute approximate surface area is 218 Å². The van der Waals surface area contributed by atoms with E-state index in [0.29, 0.717) is 0 Å². The first kappa shape index (κ1) is 18.3. The lowest BCUT2D eigenvalue weighted by Gasteiger charge is -2.03. The van der Waals surface area contributed by atoms with Gasteiger partial charge in [0.25, 0.3) is 0 Å². The van der Waals surface area contributed by atoms with Crippen LogP contribution in [0.15, 0.2) is 109 Å². The summed E-state index contributed by atoms with van der Waals surface area (Å²) in [5, 5.41) is 16.8. The van der Waals surface area contributed by atoms with Gasteiger partial charge in [0, 0.05) is 0 Å². The van der Waals surface area contributed by atoms with E-state index in [-0.39, 0.29) is 0 Å². The monoisotopic (exact) mass is 474 g/mol. The molecule has 0 aromatic heterocycles. The van der Waals surface area contributed by atoms with Crippen molar-refractivity contribution < 1.29 is 0 Å². The number of hydrogen-bond acceptors (Lipinski definition) is 0. The number of fused-ring (bicyclic) bond motifs is 12. The first-order valence-electron chi connectivity index (χ1n) is 13.5. The van der Waals surface area contributed by atoms with Gasteiger partial charge >= 0.3 is 0 Å². The van der Waals surface area contributed by atoms with E-state index in [9.17, 15) is 0 Å². The maximum Gasteiger partial charge on any atom is -0.00139 e. The van der Waals surface area contributed by atoms with Gasteiger partial charge in [0.1, 0.15) is 0 Å². The van der Waals surface area contributed by atoms with E-state index in [0.717, 1.165) is 0 Å². The van der Waals surface area contributed by atoms with Gasteiger partial charge in [-0.25, -0.2) is 0 Å². The summed E-state index contributed by atoms with van der Waals surface area (Å²) in [5.41, 5.74) is 11.0. The van der Waals surface area contributed by atoms with Gasteiger partial charge < -0.3 is 0 Å². The van der Waals surface area contributed by atoms with Gasteiger partial charge in [-0.3, -0.25) is 0 Å². The molecule has 9 aromatic carbocycles. The molecule has 0 amide bonds. The third-order valence-corrected chi connectivity index (χ3v) is 9.65. The number of hydrogen-bond donors (Lipinski definition) is 0. The van der Waals surface area contributed by atoms with E-state index < -0.39 is 0 Å². The summed E-state index contributed by atoms with van der Waals surface area (Å²) in [6.45, 7) is 0. The minimum Gasteiger partial charge on any atom is -0.0616 e. The molecule has 0 fully saturated rings. The molecule has 0 nitrogen and oxygen atoms in total. The zero-order valence-electron chi connectivity index (χ0n) is 20.4. The Hall–Kier alpha value is -4.94. The van der Waals surface area contributed by atoms with Gasteiger partial charge in [0.15, 0.2) is 0 Å². The van der Waals surface area contributed by atoms with Crippen LogP contribution in [0.4, 0.5) is 0 Å². The fourth-order valence-electron chi connectivity index (χ4n) is 8.18. The second kappa shape index (κ2) is 5.79. The highest BCUT2D eigenvalue weighted by atomic mass is 14.3. The van der Waals surface area contributed by atoms with E-state index in [1.165, 1.54) is 109 Å². The van der Waals surface area contributed by atoms with Gasteiger partial charge in [-0.2, -0.15) is 0 Å². The smallest absolute Gasteiger partial charge is 0.00139 e. The molecular formula is C38H18. The summed E-state index contributed by atoms with van der Waals surface area (Å²) in [6.07, 6.45) is 0. The number of benzene rings is 7. The van der Waals surface area contributed by atoms with Crippen molar-refractivity contribution in [3.8, 4) is 44.5 Å². The van der Waals surface area contributed by atoms with Crippen LogP contribution >= 0.6 is 0 Å². The Morgan fingerprint density at radius 3 is 0.789 bits per heavy atom. The summed E-state index contributed by atoms with van der Waals surface area (Å²) in [5.74, 6) is 0. The van der Waals surface area contributed by atoms with Crippen LogP contribution in [0.2, 0.25) is 0 Å². The normalized spacial score (nSPS) is 13.3. The van der Waals surface area contributed by atoms with Crippen molar-refractivity contribution in [3.63, 3.8) is 0 Å². The predicted octanol–water partition coefficient (Wildman–Crippen LogP) is 10.8. The lowest BCUT2D eigenvalue weighted by atomic mass is 9.99. The van der Waals surface area contributed by atoms with Crippen LogP contribution in [0.1, 0.15) is 0 Å². The van der Waals surface area contributed by atoms with Crippen LogP contribution in [-0.4, -0.2) is 0 Å². The zero-order chi connectivity index (χ0) is 24.3. The maximum absolute atomic E-state index is 2.49. The van der Waals surface area contributed by atoms with E-state index in [4.69, 9.17) is 0 Å². The molecule has 0 radical (unpaired) electrons. The molecule has 2 aliphatic carbocycles. The second-order valence-electron chi connectivity index (χ2n) is 11.2. The molecule has 0 heterocycles. The fourth-order valence-corrected chi connectivity index (χ4v) is 8.18. The quantitative estimate of drug-likeness (QED) is 0.205. The highest BCUT2D eigenvalue weighted by Crippen LogP contribution is 2.55. The third kappa shape index (κ3) is 1.79. The molecule has 170 valence electrons. The molecule has 0 saturated carbocycles. The summed E-state index contributed by atoms with van der Waals surface area (Å²) in [4.78, 5) is 0. The Bertz CT molecular complexity index is 2200. The summed E-state index contributed by atoms with van der Waals surface area (Å²) in [6, 6.07) is 41.6. The minimum absolute atomic E-state index is 1.36. The van der Waals surface area contributed by atoms with Crippen LogP contribution < -0.4 is 0 Å². The lowest BCUT2D eigenvalue weighted by Crippen LogP contribution is -1.76. The van der Waals surface area contributed by atoms with Crippen LogP contribution in [0.5, 0.6) is 0 Å². The third-order valence-electron chi connectivity index (χ3n) is 9.65. The van der Waals surface area contributed by atoms with Crippen molar-refractivity contribution in [2.45, 2.75) is 0 Å². The van der Waals surface area contributed by atoms with Crippen LogP contribution in [0.25, 0.3) is 109 Å². The zero-order valence-corrected chi connectivity index (χ0v) is 20.4. The Kier molecular flexibility index (Phi) is 2.79. The van der Waals surface area contributed by atoms with Crippen LogP contribution in [0, 0.1) is 0 Å². The van der Waals surface area contributed by atoms with Gasteiger partial charge in [-0.15, -0.1) is 0 Å². The number of rotatable bonds is 0. The molecule has 0 aliphatic heterocycles. The summed E-state index contributed by atoms with van der Waals surface area (Å²) >= 11 is 0. The molecule has 0 spiro atoms. The molecule has 0 atom stereocenters. The first-order chi connectivity index (χ1) is 18.9. The maximum atomic E-state index is 2.49. The van der Waals surface area contributed by atoms with Crippen LogP contribution in [0.3, 0.4) is 0 Å². The SMILES string of the molecule is c1ccc2c(c1)-c1ccc3c4cc5c(cc4c4ccc-2c1c34)c1ccc2c3c(ccc5c31)-c1ccccc1-2. The summed E-state index contributed by atoms with van der Waals surface area (Å²) < 4.78 is 0. The van der Waals surface area contributed by atoms with Gasteiger partial charge in [0.2, 0.25) is 0 Å². The minimum atomic E-state index is 1.36. The van der Waals surface area contributed by atoms with Crippen molar-refractivity contribution >= 4 is 64.6 Å². The average Bonchev–Trinajstić information content (AvgIpc) is 3.67. The van der Waals surface area contributed by atoms with Crippen molar-refractivity contribution in [1.82, 2.24) is 0 Å².